The highest BCUT2D eigenvalue weighted by atomic mass is 32.2. The van der Waals surface area contributed by atoms with Gasteiger partial charge in [-0.1, -0.05) is 13.8 Å². The Labute approximate surface area is 170 Å². The normalized spacial score (nSPS) is 11.7. The number of amides is 1. The summed E-state index contributed by atoms with van der Waals surface area (Å²) in [5.74, 6) is 1.04. The van der Waals surface area contributed by atoms with Crippen LogP contribution in [0, 0.1) is 0 Å². The lowest BCUT2D eigenvalue weighted by atomic mass is 10.2. The molecule has 29 heavy (non-hydrogen) atoms. The number of rotatable bonds is 9. The van der Waals surface area contributed by atoms with Gasteiger partial charge < -0.3 is 13.7 Å². The van der Waals surface area contributed by atoms with E-state index < -0.39 is 10.0 Å². The fourth-order valence-corrected chi connectivity index (χ4v) is 4.50. The van der Waals surface area contributed by atoms with Gasteiger partial charge in [-0.25, -0.2) is 8.42 Å². The number of sulfonamides is 1. The quantitative estimate of drug-likeness (QED) is 0.530. The van der Waals surface area contributed by atoms with Crippen LogP contribution in [0.4, 0.5) is 0 Å². The van der Waals surface area contributed by atoms with Crippen molar-refractivity contribution in [2.24, 2.45) is 0 Å². The van der Waals surface area contributed by atoms with Gasteiger partial charge in [0.05, 0.1) is 30.5 Å². The minimum absolute atomic E-state index is 0.168. The van der Waals surface area contributed by atoms with Gasteiger partial charge in [0.1, 0.15) is 11.5 Å². The SMILES string of the molecule is CCN(CC)S(=O)(=O)c1ccc(C(=O)N(Cc2ccco2)Cc2ccco2)cc1. The Morgan fingerprint density at radius 2 is 1.38 bits per heavy atom. The molecule has 1 amide bonds. The molecule has 0 radical (unpaired) electrons. The molecule has 0 aliphatic rings. The highest BCUT2D eigenvalue weighted by Gasteiger charge is 2.23. The van der Waals surface area contributed by atoms with Crippen LogP contribution in [0.2, 0.25) is 0 Å². The Balaban J connectivity index is 1.83. The van der Waals surface area contributed by atoms with Crippen LogP contribution in [0.5, 0.6) is 0 Å². The molecule has 0 atom stereocenters. The summed E-state index contributed by atoms with van der Waals surface area (Å²) in [5.41, 5.74) is 0.390. The van der Waals surface area contributed by atoms with Crippen molar-refractivity contribution in [3.8, 4) is 0 Å². The fourth-order valence-electron chi connectivity index (χ4n) is 3.05. The Bertz CT molecular complexity index is 969. The second kappa shape index (κ2) is 9.11. The van der Waals surface area contributed by atoms with Crippen molar-refractivity contribution >= 4 is 15.9 Å². The molecule has 0 spiro atoms. The van der Waals surface area contributed by atoms with Crippen LogP contribution in [0.3, 0.4) is 0 Å². The zero-order valence-corrected chi connectivity index (χ0v) is 17.3. The molecule has 0 bridgehead atoms. The maximum absolute atomic E-state index is 13.1. The number of carbonyl (C=O) groups is 1. The smallest absolute Gasteiger partial charge is 0.254 e. The van der Waals surface area contributed by atoms with Gasteiger partial charge in [0, 0.05) is 18.7 Å². The van der Waals surface area contributed by atoms with Crippen molar-refractivity contribution in [1.29, 1.82) is 0 Å². The van der Waals surface area contributed by atoms with E-state index in [0.29, 0.717) is 30.2 Å². The van der Waals surface area contributed by atoms with E-state index in [2.05, 4.69) is 0 Å². The largest absolute Gasteiger partial charge is 0.467 e. The summed E-state index contributed by atoms with van der Waals surface area (Å²) < 4.78 is 37.4. The summed E-state index contributed by atoms with van der Waals surface area (Å²) in [5, 5.41) is 0. The Kier molecular flexibility index (Phi) is 6.56. The number of furan rings is 2. The van der Waals surface area contributed by atoms with Crippen LogP contribution in [0.1, 0.15) is 35.7 Å². The van der Waals surface area contributed by atoms with Crippen LogP contribution in [0.15, 0.2) is 74.8 Å². The zero-order valence-electron chi connectivity index (χ0n) is 16.4. The molecule has 1 aromatic carbocycles. The van der Waals surface area contributed by atoms with Gasteiger partial charge in [-0.3, -0.25) is 4.79 Å². The molecule has 3 rings (SSSR count). The topological polar surface area (TPSA) is 84.0 Å². The number of benzene rings is 1. The lowest BCUT2D eigenvalue weighted by Gasteiger charge is -2.21. The third-order valence-corrected chi connectivity index (χ3v) is 6.65. The predicted octanol–water partition coefficient (Wildman–Crippen LogP) is 3.75. The first-order valence-corrected chi connectivity index (χ1v) is 10.8. The highest BCUT2D eigenvalue weighted by Crippen LogP contribution is 2.19. The van der Waals surface area contributed by atoms with Crippen LogP contribution in [0.25, 0.3) is 0 Å². The van der Waals surface area contributed by atoms with Crippen LogP contribution >= 0.6 is 0 Å². The van der Waals surface area contributed by atoms with E-state index in [9.17, 15) is 13.2 Å². The fraction of sp³-hybridized carbons (Fsp3) is 0.286. The van der Waals surface area contributed by atoms with Crippen LogP contribution < -0.4 is 0 Å². The van der Waals surface area contributed by atoms with Gasteiger partial charge in [0.15, 0.2) is 0 Å². The minimum Gasteiger partial charge on any atom is -0.467 e. The molecule has 0 aliphatic heterocycles. The van der Waals surface area contributed by atoms with E-state index in [-0.39, 0.29) is 23.9 Å². The maximum Gasteiger partial charge on any atom is 0.254 e. The Hall–Kier alpha value is -2.84. The summed E-state index contributed by atoms with van der Waals surface area (Å²) in [4.78, 5) is 14.8. The van der Waals surface area contributed by atoms with Gasteiger partial charge in [0.25, 0.3) is 5.91 Å². The maximum atomic E-state index is 13.1. The van der Waals surface area contributed by atoms with Gasteiger partial charge in [-0.15, -0.1) is 0 Å². The van der Waals surface area contributed by atoms with Gasteiger partial charge >= 0.3 is 0 Å². The minimum atomic E-state index is -3.57. The lowest BCUT2D eigenvalue weighted by Crippen LogP contribution is -2.31. The van der Waals surface area contributed by atoms with Crippen molar-refractivity contribution in [1.82, 2.24) is 9.21 Å². The lowest BCUT2D eigenvalue weighted by molar-refractivity contribution is 0.0704. The number of hydrogen-bond donors (Lipinski definition) is 0. The highest BCUT2D eigenvalue weighted by molar-refractivity contribution is 7.89. The number of hydrogen-bond acceptors (Lipinski definition) is 5. The van der Waals surface area contributed by atoms with E-state index in [0.717, 1.165) is 0 Å². The summed E-state index contributed by atoms with van der Waals surface area (Å²) in [6.07, 6.45) is 3.11. The third-order valence-electron chi connectivity index (χ3n) is 4.59. The third kappa shape index (κ3) is 4.78. The molecule has 0 fully saturated rings. The first-order valence-electron chi connectivity index (χ1n) is 9.40. The molecule has 0 N–H and O–H groups in total. The second-order valence-electron chi connectivity index (χ2n) is 6.43. The predicted molar refractivity (Wildman–Crippen MR) is 108 cm³/mol. The number of carbonyl (C=O) groups excluding carboxylic acids is 1. The molecule has 0 saturated carbocycles. The van der Waals surface area contributed by atoms with Crippen molar-refractivity contribution in [3.05, 3.63) is 78.1 Å². The molecule has 0 unspecified atom stereocenters. The molecule has 0 aliphatic carbocycles. The molecule has 8 heteroatoms. The molecule has 0 saturated heterocycles. The average molecular weight is 416 g/mol. The summed E-state index contributed by atoms with van der Waals surface area (Å²) in [7, 11) is -3.57. The van der Waals surface area contributed by atoms with Gasteiger partial charge in [0.2, 0.25) is 10.0 Å². The second-order valence-corrected chi connectivity index (χ2v) is 8.37. The van der Waals surface area contributed by atoms with Crippen molar-refractivity contribution in [2.75, 3.05) is 13.1 Å². The van der Waals surface area contributed by atoms with Crippen molar-refractivity contribution in [3.63, 3.8) is 0 Å². The first-order chi connectivity index (χ1) is 14.0. The van der Waals surface area contributed by atoms with E-state index >= 15 is 0 Å². The molecule has 7 nitrogen and oxygen atoms in total. The Morgan fingerprint density at radius 3 is 1.79 bits per heavy atom. The van der Waals surface area contributed by atoms with Crippen molar-refractivity contribution < 1.29 is 22.0 Å². The average Bonchev–Trinajstić information content (AvgIpc) is 3.42. The van der Waals surface area contributed by atoms with E-state index in [1.807, 2.05) is 0 Å². The van der Waals surface area contributed by atoms with Crippen LogP contribution in [-0.2, 0) is 23.1 Å². The van der Waals surface area contributed by atoms with Gasteiger partial charge in [-0.05, 0) is 48.5 Å². The van der Waals surface area contributed by atoms with Gasteiger partial charge in [-0.2, -0.15) is 4.31 Å². The monoisotopic (exact) mass is 416 g/mol. The molecule has 2 aromatic heterocycles. The zero-order chi connectivity index (χ0) is 20.9. The first kappa shape index (κ1) is 20.9. The molecule has 154 valence electrons. The summed E-state index contributed by atoms with van der Waals surface area (Å²) in [6, 6.07) is 13.1. The molecular formula is C21H24N2O5S. The molecular weight excluding hydrogens is 392 g/mol. The van der Waals surface area contributed by atoms with E-state index in [4.69, 9.17) is 8.83 Å². The standard InChI is InChI=1S/C21H24N2O5S/c1-3-23(4-2)29(25,26)20-11-9-17(10-12-20)21(24)22(15-18-7-5-13-27-18)16-19-8-6-14-28-19/h5-14H,3-4,15-16H2,1-2H3. The molecule has 3 aromatic rings. The number of nitrogens with zero attached hydrogens (tertiary/aromatic N) is 2. The molecule has 2 heterocycles. The van der Waals surface area contributed by atoms with E-state index in [1.165, 1.54) is 28.6 Å². The van der Waals surface area contributed by atoms with Crippen molar-refractivity contribution in [2.45, 2.75) is 31.8 Å². The summed E-state index contributed by atoms with van der Waals surface area (Å²) >= 11 is 0. The Morgan fingerprint density at radius 1 is 0.862 bits per heavy atom. The summed E-state index contributed by atoms with van der Waals surface area (Å²) in [6.45, 7) is 4.90. The van der Waals surface area contributed by atoms with Crippen LogP contribution in [-0.4, -0.2) is 36.6 Å². The van der Waals surface area contributed by atoms with E-state index in [1.54, 1.807) is 55.5 Å².